The molecule has 3 aliphatic rings. The highest BCUT2D eigenvalue weighted by atomic mass is 16.8. The quantitative estimate of drug-likeness (QED) is 0.132. The van der Waals surface area contributed by atoms with Crippen molar-refractivity contribution >= 4 is 23.9 Å². The maximum Gasteiger partial charge on any atom is 0.338 e. The Kier molecular flexibility index (Phi) is 10.7. The lowest BCUT2D eigenvalue weighted by molar-refractivity contribution is -0.203. The van der Waals surface area contributed by atoms with Crippen molar-refractivity contribution in [2.45, 2.75) is 102 Å². The second-order valence-corrected chi connectivity index (χ2v) is 14.6. The monoisotopic (exact) mass is 732 g/mol. The van der Waals surface area contributed by atoms with E-state index in [9.17, 15) is 19.2 Å². The summed E-state index contributed by atoms with van der Waals surface area (Å²) in [5.41, 5.74) is 4.70. The van der Waals surface area contributed by atoms with Gasteiger partial charge in [-0.1, -0.05) is 77.2 Å². The second-order valence-electron chi connectivity index (χ2n) is 14.6. The molecule has 2 aliphatic carbocycles. The summed E-state index contributed by atoms with van der Waals surface area (Å²) in [6.45, 7) is 7.59. The van der Waals surface area contributed by atoms with Crippen LogP contribution >= 0.6 is 0 Å². The molecule has 1 heterocycles. The first-order chi connectivity index (χ1) is 26.0. The minimum Gasteiger partial charge on any atom is -0.452 e. The van der Waals surface area contributed by atoms with Crippen LogP contribution in [0.1, 0.15) is 95.8 Å². The third-order valence-corrected chi connectivity index (χ3v) is 10.4. The first-order valence-corrected chi connectivity index (χ1v) is 18.4. The predicted octanol–water partition coefficient (Wildman–Crippen LogP) is 7.58. The van der Waals surface area contributed by atoms with Crippen LogP contribution < -0.4 is 0 Å². The Bertz CT molecular complexity index is 1840. The zero-order valence-corrected chi connectivity index (χ0v) is 30.8. The molecule has 1 aliphatic heterocycles. The molecule has 0 N–H and O–H groups in total. The predicted molar refractivity (Wildman–Crippen MR) is 197 cm³/mol. The summed E-state index contributed by atoms with van der Waals surface area (Å²) in [5.74, 6) is -4.02. The minimum absolute atomic E-state index is 0.218. The molecule has 280 valence electrons. The Morgan fingerprint density at radius 2 is 0.685 bits per heavy atom. The van der Waals surface area contributed by atoms with E-state index in [2.05, 4.69) is 0 Å². The van der Waals surface area contributed by atoms with Gasteiger partial charge < -0.3 is 28.4 Å². The van der Waals surface area contributed by atoms with Crippen LogP contribution in [0.5, 0.6) is 0 Å². The smallest absolute Gasteiger partial charge is 0.338 e. The van der Waals surface area contributed by atoms with Crippen LogP contribution in [-0.4, -0.2) is 66.3 Å². The van der Waals surface area contributed by atoms with Gasteiger partial charge in [-0.3, -0.25) is 0 Å². The van der Waals surface area contributed by atoms with Crippen molar-refractivity contribution in [2.24, 2.45) is 0 Å². The van der Waals surface area contributed by atoms with Gasteiger partial charge >= 0.3 is 23.9 Å². The molecule has 0 aromatic heterocycles. The Hall–Kier alpha value is -5.32. The average Bonchev–Trinajstić information content (AvgIpc) is 3.53. The van der Waals surface area contributed by atoms with Gasteiger partial charge in [-0.15, -0.1) is 0 Å². The number of esters is 4. The Balaban J connectivity index is 1.34. The highest BCUT2D eigenvalue weighted by Crippen LogP contribution is 2.48. The van der Waals surface area contributed by atoms with E-state index in [0.717, 1.165) is 41.5 Å². The first-order valence-electron chi connectivity index (χ1n) is 18.4. The lowest BCUT2D eigenvalue weighted by atomic mass is 9.84. The van der Waals surface area contributed by atoms with Crippen LogP contribution in [0.2, 0.25) is 0 Å². The van der Waals surface area contributed by atoms with Crippen LogP contribution in [0.4, 0.5) is 0 Å². The Morgan fingerprint density at radius 1 is 0.426 bits per heavy atom. The molecule has 1 saturated heterocycles. The number of benzene rings is 4. The van der Waals surface area contributed by atoms with Crippen molar-refractivity contribution in [1.82, 2.24) is 0 Å². The lowest BCUT2D eigenvalue weighted by Gasteiger charge is -2.44. The lowest BCUT2D eigenvalue weighted by Crippen LogP contribution is -2.66. The molecule has 4 aromatic carbocycles. The molecule has 10 heteroatoms. The standard InChI is InChI=1S/C44H44O10/c1-26-8-16-30(17-9-26)40(45)49-34-35(50-41(46)31-18-10-27(2)11-19-31)37(52-43(48)33-22-14-29(4)15-23-33)39-38(53-44(54-39)24-6-5-7-25-44)36(34)51-42(47)32-20-12-28(3)13-21-32/h8-23,34-39H,5-7,24-25H2,1-4H3/t34?,35?,36-,37+,38?,39?. The van der Waals surface area contributed by atoms with Gasteiger partial charge in [-0.25, -0.2) is 19.2 Å². The van der Waals surface area contributed by atoms with Crippen molar-refractivity contribution < 1.29 is 47.6 Å². The number of rotatable bonds is 8. The van der Waals surface area contributed by atoms with Crippen LogP contribution in [0, 0.1) is 27.7 Å². The SMILES string of the molecule is Cc1ccc(C(=O)OC2C(OC(=O)c3ccc(C)cc3)[C@H](OC(=O)c3ccc(C)cc3)C3OC4(CCCCC4)OC3[C@@H]2OC(=O)c2ccc(C)cc2)cc1. The zero-order chi connectivity index (χ0) is 38.0. The third kappa shape index (κ3) is 7.95. The number of fused-ring (bicyclic) bond motifs is 1. The van der Waals surface area contributed by atoms with E-state index >= 15 is 0 Å². The van der Waals surface area contributed by atoms with Gasteiger partial charge in [0.05, 0.1) is 22.3 Å². The van der Waals surface area contributed by atoms with Crippen molar-refractivity contribution in [3.63, 3.8) is 0 Å². The molecule has 7 rings (SSSR count). The van der Waals surface area contributed by atoms with Gasteiger partial charge in [0, 0.05) is 12.8 Å². The number of carbonyl (C=O) groups is 4. The van der Waals surface area contributed by atoms with Gasteiger partial charge in [-0.2, -0.15) is 0 Å². The first kappa shape index (κ1) is 37.0. The van der Waals surface area contributed by atoms with E-state index in [1.165, 1.54) is 0 Å². The molecule has 54 heavy (non-hydrogen) atoms. The van der Waals surface area contributed by atoms with Crippen LogP contribution in [0.15, 0.2) is 97.1 Å². The van der Waals surface area contributed by atoms with Crippen molar-refractivity contribution in [3.8, 4) is 0 Å². The molecule has 3 fully saturated rings. The highest BCUT2D eigenvalue weighted by molar-refractivity contribution is 5.92. The molecule has 0 bridgehead atoms. The van der Waals surface area contributed by atoms with E-state index in [1.807, 2.05) is 27.7 Å². The molecule has 0 amide bonds. The Morgan fingerprint density at radius 3 is 0.963 bits per heavy atom. The summed E-state index contributed by atoms with van der Waals surface area (Å²) in [6.07, 6.45) is -4.13. The fourth-order valence-electron chi connectivity index (χ4n) is 7.30. The summed E-state index contributed by atoms with van der Waals surface area (Å²) in [5, 5.41) is 0. The summed E-state index contributed by atoms with van der Waals surface area (Å²) in [7, 11) is 0. The van der Waals surface area contributed by atoms with Gasteiger partial charge in [0.15, 0.2) is 30.2 Å². The van der Waals surface area contributed by atoms with E-state index in [-0.39, 0.29) is 22.3 Å². The molecular weight excluding hydrogens is 688 g/mol. The molecule has 6 atom stereocenters. The van der Waals surface area contributed by atoms with E-state index in [0.29, 0.717) is 12.8 Å². The molecule has 2 saturated carbocycles. The van der Waals surface area contributed by atoms with Gasteiger partial charge in [0.2, 0.25) is 0 Å². The van der Waals surface area contributed by atoms with Crippen LogP contribution in [-0.2, 0) is 28.4 Å². The van der Waals surface area contributed by atoms with E-state index in [4.69, 9.17) is 28.4 Å². The van der Waals surface area contributed by atoms with Crippen molar-refractivity contribution in [2.75, 3.05) is 0 Å². The van der Waals surface area contributed by atoms with E-state index in [1.54, 1.807) is 97.1 Å². The maximum absolute atomic E-state index is 14.0. The van der Waals surface area contributed by atoms with Gasteiger partial charge in [0.1, 0.15) is 12.2 Å². The van der Waals surface area contributed by atoms with Crippen molar-refractivity contribution in [1.29, 1.82) is 0 Å². The summed E-state index contributed by atoms with van der Waals surface area (Å²) in [6, 6.07) is 27.2. The highest BCUT2D eigenvalue weighted by Gasteiger charge is 2.65. The molecule has 4 aromatic rings. The third-order valence-electron chi connectivity index (χ3n) is 10.4. The molecule has 1 spiro atoms. The number of aryl methyl sites for hydroxylation is 4. The van der Waals surface area contributed by atoms with Gasteiger partial charge in [0.25, 0.3) is 0 Å². The molecular formula is C44H44O10. The molecule has 10 nitrogen and oxygen atoms in total. The molecule has 4 unspecified atom stereocenters. The summed E-state index contributed by atoms with van der Waals surface area (Å²) < 4.78 is 38.5. The minimum atomic E-state index is -1.50. The van der Waals surface area contributed by atoms with Gasteiger partial charge in [-0.05, 0) is 89.1 Å². The maximum atomic E-state index is 14.0. The number of hydrogen-bond donors (Lipinski definition) is 0. The summed E-state index contributed by atoms with van der Waals surface area (Å²) in [4.78, 5) is 55.8. The Labute approximate surface area is 314 Å². The van der Waals surface area contributed by atoms with Crippen LogP contribution in [0.3, 0.4) is 0 Å². The molecule has 0 radical (unpaired) electrons. The second kappa shape index (κ2) is 15.6. The largest absolute Gasteiger partial charge is 0.452 e. The average molecular weight is 733 g/mol. The number of carbonyl (C=O) groups excluding carboxylic acids is 4. The van der Waals surface area contributed by atoms with Crippen LogP contribution in [0.25, 0.3) is 0 Å². The fraction of sp³-hybridized carbons (Fsp3) is 0.364. The van der Waals surface area contributed by atoms with Crippen molar-refractivity contribution in [3.05, 3.63) is 142 Å². The normalized spacial score (nSPS) is 24.2. The van der Waals surface area contributed by atoms with E-state index < -0.39 is 66.3 Å². The number of ether oxygens (including phenoxy) is 6. The fourth-order valence-corrected chi connectivity index (χ4v) is 7.30. The topological polar surface area (TPSA) is 124 Å². The number of hydrogen-bond acceptors (Lipinski definition) is 10. The summed E-state index contributed by atoms with van der Waals surface area (Å²) >= 11 is 0. The zero-order valence-electron chi connectivity index (χ0n) is 30.8.